The highest BCUT2D eigenvalue weighted by Gasteiger charge is 2.10. The summed E-state index contributed by atoms with van der Waals surface area (Å²) in [7, 11) is 1.70. The van der Waals surface area contributed by atoms with Crippen molar-refractivity contribution < 1.29 is 4.74 Å². The number of aromatic nitrogens is 1. The topological polar surface area (TPSA) is 22.1 Å². The first-order valence-electron chi connectivity index (χ1n) is 5.44. The average molecular weight is 213 g/mol. The van der Waals surface area contributed by atoms with Gasteiger partial charge in [-0.3, -0.25) is 4.98 Å². The summed E-state index contributed by atoms with van der Waals surface area (Å²) in [5.74, 6) is 0.887. The first-order valence-corrected chi connectivity index (χ1v) is 5.44. The SMILES string of the molecule is CCc1cccc(OC)c1-c1ccccn1. The summed E-state index contributed by atoms with van der Waals surface area (Å²) in [5.41, 5.74) is 3.34. The predicted octanol–water partition coefficient (Wildman–Crippen LogP) is 3.32. The van der Waals surface area contributed by atoms with Gasteiger partial charge in [0.05, 0.1) is 12.8 Å². The second kappa shape index (κ2) is 4.79. The third-order valence-corrected chi connectivity index (χ3v) is 2.63. The second-order valence-corrected chi connectivity index (χ2v) is 3.56. The van der Waals surface area contributed by atoms with Crippen LogP contribution in [0.25, 0.3) is 11.3 Å². The first kappa shape index (κ1) is 10.7. The minimum Gasteiger partial charge on any atom is -0.496 e. The van der Waals surface area contributed by atoms with Crippen LogP contribution in [-0.2, 0) is 6.42 Å². The average Bonchev–Trinajstić information content (AvgIpc) is 2.38. The lowest BCUT2D eigenvalue weighted by Crippen LogP contribution is -1.94. The van der Waals surface area contributed by atoms with Gasteiger partial charge in [-0.15, -0.1) is 0 Å². The molecule has 0 saturated carbocycles. The van der Waals surface area contributed by atoms with Gasteiger partial charge in [0.1, 0.15) is 5.75 Å². The highest BCUT2D eigenvalue weighted by molar-refractivity contribution is 5.71. The predicted molar refractivity (Wildman–Crippen MR) is 65.6 cm³/mol. The maximum atomic E-state index is 5.40. The van der Waals surface area contributed by atoms with Crippen LogP contribution in [-0.4, -0.2) is 12.1 Å². The molecule has 2 heteroatoms. The molecule has 0 aliphatic rings. The highest BCUT2D eigenvalue weighted by atomic mass is 16.5. The number of methoxy groups -OCH3 is 1. The summed E-state index contributed by atoms with van der Waals surface area (Å²) in [6.07, 6.45) is 2.78. The van der Waals surface area contributed by atoms with E-state index < -0.39 is 0 Å². The van der Waals surface area contributed by atoms with Crippen molar-refractivity contribution in [1.29, 1.82) is 0 Å². The fourth-order valence-electron chi connectivity index (χ4n) is 1.84. The molecule has 16 heavy (non-hydrogen) atoms. The number of rotatable bonds is 3. The number of aryl methyl sites for hydroxylation is 1. The van der Waals surface area contributed by atoms with E-state index in [1.807, 2.05) is 30.3 Å². The van der Waals surface area contributed by atoms with Crippen molar-refractivity contribution in [3.63, 3.8) is 0 Å². The van der Waals surface area contributed by atoms with Crippen LogP contribution >= 0.6 is 0 Å². The monoisotopic (exact) mass is 213 g/mol. The van der Waals surface area contributed by atoms with Crippen molar-refractivity contribution in [2.24, 2.45) is 0 Å². The normalized spacial score (nSPS) is 10.1. The molecule has 1 heterocycles. The zero-order valence-corrected chi connectivity index (χ0v) is 9.60. The Balaban J connectivity index is 2.62. The lowest BCUT2D eigenvalue weighted by molar-refractivity contribution is 0.416. The van der Waals surface area contributed by atoms with E-state index in [1.54, 1.807) is 13.3 Å². The van der Waals surface area contributed by atoms with Crippen molar-refractivity contribution in [1.82, 2.24) is 4.98 Å². The fraction of sp³-hybridized carbons (Fsp3) is 0.214. The minimum absolute atomic E-state index is 0.887. The molecular weight excluding hydrogens is 198 g/mol. The van der Waals surface area contributed by atoms with Crippen LogP contribution in [0.5, 0.6) is 5.75 Å². The van der Waals surface area contributed by atoms with E-state index in [-0.39, 0.29) is 0 Å². The van der Waals surface area contributed by atoms with Crippen molar-refractivity contribution in [2.45, 2.75) is 13.3 Å². The molecule has 0 spiro atoms. The molecule has 0 saturated heterocycles. The third kappa shape index (κ3) is 1.91. The molecule has 2 rings (SSSR count). The van der Waals surface area contributed by atoms with Gasteiger partial charge in [-0.05, 0) is 30.2 Å². The zero-order chi connectivity index (χ0) is 11.4. The van der Waals surface area contributed by atoms with E-state index in [0.717, 1.165) is 23.4 Å². The molecule has 0 unspecified atom stereocenters. The molecule has 1 aromatic carbocycles. The number of benzene rings is 1. The van der Waals surface area contributed by atoms with Crippen LogP contribution in [0.3, 0.4) is 0 Å². The molecule has 0 aliphatic carbocycles. The largest absolute Gasteiger partial charge is 0.496 e. The Morgan fingerprint density at radius 1 is 1.12 bits per heavy atom. The molecule has 0 fully saturated rings. The van der Waals surface area contributed by atoms with Crippen molar-refractivity contribution in [3.8, 4) is 17.0 Å². The Hall–Kier alpha value is -1.83. The summed E-state index contributed by atoms with van der Waals surface area (Å²) in [5, 5.41) is 0. The lowest BCUT2D eigenvalue weighted by Gasteiger charge is -2.12. The zero-order valence-electron chi connectivity index (χ0n) is 9.60. The Kier molecular flexibility index (Phi) is 3.20. The van der Waals surface area contributed by atoms with Crippen LogP contribution in [0.4, 0.5) is 0 Å². The summed E-state index contributed by atoms with van der Waals surface area (Å²) >= 11 is 0. The molecule has 0 N–H and O–H groups in total. The molecule has 82 valence electrons. The van der Waals surface area contributed by atoms with Crippen LogP contribution in [0.2, 0.25) is 0 Å². The summed E-state index contributed by atoms with van der Waals surface area (Å²) in [4.78, 5) is 4.39. The Morgan fingerprint density at radius 2 is 2.00 bits per heavy atom. The number of hydrogen-bond acceptors (Lipinski definition) is 2. The van der Waals surface area contributed by atoms with Gasteiger partial charge in [-0.1, -0.05) is 25.1 Å². The van der Waals surface area contributed by atoms with E-state index in [2.05, 4.69) is 18.0 Å². The van der Waals surface area contributed by atoms with Crippen LogP contribution < -0.4 is 4.74 Å². The first-order chi connectivity index (χ1) is 7.86. The van der Waals surface area contributed by atoms with Gasteiger partial charge in [-0.25, -0.2) is 0 Å². The molecule has 2 aromatic rings. The van der Waals surface area contributed by atoms with Gasteiger partial charge >= 0.3 is 0 Å². The fourth-order valence-corrected chi connectivity index (χ4v) is 1.84. The number of pyridine rings is 1. The van der Waals surface area contributed by atoms with Crippen molar-refractivity contribution >= 4 is 0 Å². The summed E-state index contributed by atoms with van der Waals surface area (Å²) < 4.78 is 5.40. The van der Waals surface area contributed by atoms with Crippen LogP contribution in [0.1, 0.15) is 12.5 Å². The van der Waals surface area contributed by atoms with E-state index in [9.17, 15) is 0 Å². The molecule has 0 aliphatic heterocycles. The molecule has 0 amide bonds. The number of hydrogen-bond donors (Lipinski definition) is 0. The van der Waals surface area contributed by atoms with Gasteiger partial charge in [0.2, 0.25) is 0 Å². The quantitative estimate of drug-likeness (QED) is 0.780. The number of ether oxygens (including phenoxy) is 1. The van der Waals surface area contributed by atoms with Crippen molar-refractivity contribution in [2.75, 3.05) is 7.11 Å². The summed E-state index contributed by atoms with van der Waals surface area (Å²) in [6, 6.07) is 12.0. The third-order valence-electron chi connectivity index (χ3n) is 2.63. The standard InChI is InChI=1S/C14H15NO/c1-3-11-7-6-9-13(16-2)14(11)12-8-4-5-10-15-12/h4-10H,3H2,1-2H3. The van der Waals surface area contributed by atoms with E-state index in [0.29, 0.717) is 0 Å². The smallest absolute Gasteiger partial charge is 0.128 e. The van der Waals surface area contributed by atoms with Crippen molar-refractivity contribution in [3.05, 3.63) is 48.2 Å². The molecule has 0 bridgehead atoms. The Bertz CT molecular complexity index is 443. The lowest BCUT2D eigenvalue weighted by atomic mass is 10.0. The molecule has 0 atom stereocenters. The van der Waals surface area contributed by atoms with Gasteiger partial charge in [0.25, 0.3) is 0 Å². The van der Waals surface area contributed by atoms with Gasteiger partial charge in [0.15, 0.2) is 0 Å². The molecule has 2 nitrogen and oxygen atoms in total. The second-order valence-electron chi connectivity index (χ2n) is 3.56. The van der Waals surface area contributed by atoms with E-state index in [4.69, 9.17) is 4.74 Å². The van der Waals surface area contributed by atoms with Crippen LogP contribution in [0, 0.1) is 0 Å². The molecule has 0 radical (unpaired) electrons. The summed E-state index contributed by atoms with van der Waals surface area (Å²) in [6.45, 7) is 2.14. The van der Waals surface area contributed by atoms with E-state index >= 15 is 0 Å². The van der Waals surface area contributed by atoms with Gasteiger partial charge < -0.3 is 4.74 Å². The van der Waals surface area contributed by atoms with Gasteiger partial charge in [-0.2, -0.15) is 0 Å². The highest BCUT2D eigenvalue weighted by Crippen LogP contribution is 2.32. The minimum atomic E-state index is 0.887. The maximum Gasteiger partial charge on any atom is 0.128 e. The Morgan fingerprint density at radius 3 is 2.62 bits per heavy atom. The van der Waals surface area contributed by atoms with E-state index in [1.165, 1.54) is 5.56 Å². The van der Waals surface area contributed by atoms with Crippen LogP contribution in [0.15, 0.2) is 42.6 Å². The Labute approximate surface area is 95.9 Å². The van der Waals surface area contributed by atoms with Gasteiger partial charge in [0, 0.05) is 11.8 Å². The maximum absolute atomic E-state index is 5.40. The molecule has 1 aromatic heterocycles. The number of nitrogens with zero attached hydrogens (tertiary/aromatic N) is 1. The molecular formula is C14H15NO.